The van der Waals surface area contributed by atoms with E-state index in [0.29, 0.717) is 24.8 Å². The second-order valence-corrected chi connectivity index (χ2v) is 7.16. The van der Waals surface area contributed by atoms with Gasteiger partial charge in [-0.1, -0.05) is 39.0 Å². The highest BCUT2D eigenvalue weighted by Gasteiger charge is 2.43. The van der Waals surface area contributed by atoms with Crippen molar-refractivity contribution in [3.05, 3.63) is 0 Å². The summed E-state index contributed by atoms with van der Waals surface area (Å²) >= 11 is 0. The van der Waals surface area contributed by atoms with Crippen LogP contribution in [0.5, 0.6) is 0 Å². The van der Waals surface area contributed by atoms with Crippen molar-refractivity contribution in [3.63, 3.8) is 0 Å². The minimum Gasteiger partial charge on any atom is -0.481 e. The number of carboxylic acids is 1. The smallest absolute Gasteiger partial charge is 0.310 e. The standard InChI is InChI=1S/C17H29NO3/c1-13-8-4-5-9-14(13)18(2)15(19)12-17(16(20)21)10-6-3-7-11-17/h13-14H,3-12H2,1-2H3,(H,20,21). The summed E-state index contributed by atoms with van der Waals surface area (Å²) in [7, 11) is 1.87. The van der Waals surface area contributed by atoms with E-state index in [4.69, 9.17) is 0 Å². The SMILES string of the molecule is CC1CCCCC1N(C)C(=O)CC1(C(=O)O)CCCCC1. The molecule has 4 nitrogen and oxygen atoms in total. The molecule has 2 aliphatic rings. The highest BCUT2D eigenvalue weighted by atomic mass is 16.4. The molecule has 21 heavy (non-hydrogen) atoms. The highest BCUT2D eigenvalue weighted by Crippen LogP contribution is 2.40. The first-order valence-electron chi connectivity index (χ1n) is 8.45. The molecule has 2 rings (SSSR count). The first-order valence-corrected chi connectivity index (χ1v) is 8.45. The Morgan fingerprint density at radius 3 is 2.29 bits per heavy atom. The first-order chi connectivity index (χ1) is 9.96. The van der Waals surface area contributed by atoms with Gasteiger partial charge in [-0.2, -0.15) is 0 Å². The lowest BCUT2D eigenvalue weighted by Crippen LogP contribution is -2.46. The number of hydrogen-bond acceptors (Lipinski definition) is 2. The minimum atomic E-state index is -0.804. The molecular weight excluding hydrogens is 266 g/mol. The highest BCUT2D eigenvalue weighted by molar-refractivity contribution is 5.85. The van der Waals surface area contributed by atoms with Gasteiger partial charge in [0.25, 0.3) is 0 Å². The number of carbonyl (C=O) groups excluding carboxylic acids is 1. The molecule has 0 heterocycles. The third kappa shape index (κ3) is 3.58. The number of carbonyl (C=O) groups is 2. The van der Waals surface area contributed by atoms with Crippen molar-refractivity contribution in [2.24, 2.45) is 11.3 Å². The first kappa shape index (κ1) is 16.3. The van der Waals surface area contributed by atoms with Gasteiger partial charge >= 0.3 is 5.97 Å². The molecule has 1 amide bonds. The fourth-order valence-electron chi connectivity index (χ4n) is 4.17. The summed E-state index contributed by atoms with van der Waals surface area (Å²) in [6, 6.07) is 0.292. The van der Waals surface area contributed by atoms with E-state index in [9.17, 15) is 14.7 Å². The van der Waals surface area contributed by atoms with Gasteiger partial charge in [0.15, 0.2) is 0 Å². The molecule has 120 valence electrons. The van der Waals surface area contributed by atoms with Crippen LogP contribution in [0.4, 0.5) is 0 Å². The van der Waals surface area contributed by atoms with Gasteiger partial charge in [0, 0.05) is 19.5 Å². The zero-order chi connectivity index (χ0) is 15.5. The maximum Gasteiger partial charge on any atom is 0.310 e. The van der Waals surface area contributed by atoms with Crippen molar-refractivity contribution in [2.45, 2.75) is 77.2 Å². The summed E-state index contributed by atoms with van der Waals surface area (Å²) in [6.45, 7) is 2.21. The van der Waals surface area contributed by atoms with Crippen molar-refractivity contribution < 1.29 is 14.7 Å². The third-order valence-corrected chi connectivity index (χ3v) is 5.71. The summed E-state index contributed by atoms with van der Waals surface area (Å²) in [4.78, 5) is 26.2. The van der Waals surface area contributed by atoms with E-state index in [0.717, 1.165) is 25.7 Å². The van der Waals surface area contributed by atoms with Crippen molar-refractivity contribution in [2.75, 3.05) is 7.05 Å². The van der Waals surface area contributed by atoms with Crippen LogP contribution < -0.4 is 0 Å². The van der Waals surface area contributed by atoms with Crippen molar-refractivity contribution in [1.29, 1.82) is 0 Å². The molecule has 2 saturated carbocycles. The van der Waals surface area contributed by atoms with Gasteiger partial charge in [-0.05, 0) is 31.6 Å². The van der Waals surface area contributed by atoms with Crippen LogP contribution in [0.15, 0.2) is 0 Å². The number of aliphatic carboxylic acids is 1. The molecular formula is C17H29NO3. The summed E-state index contributed by atoms with van der Waals surface area (Å²) in [5.41, 5.74) is -0.804. The molecule has 1 N–H and O–H groups in total. The molecule has 2 unspecified atom stereocenters. The van der Waals surface area contributed by atoms with Crippen molar-refractivity contribution >= 4 is 11.9 Å². The maximum absolute atomic E-state index is 12.6. The van der Waals surface area contributed by atoms with Gasteiger partial charge in [0.1, 0.15) is 0 Å². The Kier molecular flexibility index (Phi) is 5.28. The Hall–Kier alpha value is -1.06. The molecule has 2 aliphatic carbocycles. The predicted octanol–water partition coefficient (Wildman–Crippen LogP) is 3.45. The second kappa shape index (κ2) is 6.80. The largest absolute Gasteiger partial charge is 0.481 e. The molecule has 0 aliphatic heterocycles. The molecule has 0 saturated heterocycles. The van der Waals surface area contributed by atoms with Crippen LogP contribution in [-0.2, 0) is 9.59 Å². The minimum absolute atomic E-state index is 0.0260. The number of nitrogens with zero attached hydrogens (tertiary/aromatic N) is 1. The van der Waals surface area contributed by atoms with Crippen LogP contribution in [0.25, 0.3) is 0 Å². The monoisotopic (exact) mass is 295 g/mol. The zero-order valence-corrected chi connectivity index (χ0v) is 13.4. The topological polar surface area (TPSA) is 57.6 Å². The lowest BCUT2D eigenvalue weighted by Gasteiger charge is -2.39. The fraction of sp³-hybridized carbons (Fsp3) is 0.882. The van der Waals surface area contributed by atoms with Gasteiger partial charge in [-0.25, -0.2) is 0 Å². The third-order valence-electron chi connectivity index (χ3n) is 5.71. The van der Waals surface area contributed by atoms with Crippen LogP contribution in [0.1, 0.15) is 71.1 Å². The van der Waals surface area contributed by atoms with Crippen LogP contribution >= 0.6 is 0 Å². The molecule has 0 radical (unpaired) electrons. The second-order valence-electron chi connectivity index (χ2n) is 7.16. The Morgan fingerprint density at radius 1 is 1.10 bits per heavy atom. The van der Waals surface area contributed by atoms with E-state index in [1.54, 1.807) is 0 Å². The molecule has 4 heteroatoms. The lowest BCUT2D eigenvalue weighted by atomic mass is 9.71. The Bertz CT molecular complexity index is 387. The number of amides is 1. The fourth-order valence-corrected chi connectivity index (χ4v) is 4.17. The van der Waals surface area contributed by atoms with E-state index < -0.39 is 11.4 Å². The average Bonchev–Trinajstić information content (AvgIpc) is 2.47. The Morgan fingerprint density at radius 2 is 1.71 bits per heavy atom. The van der Waals surface area contributed by atoms with E-state index in [-0.39, 0.29) is 12.3 Å². The molecule has 2 atom stereocenters. The maximum atomic E-state index is 12.6. The molecule has 2 fully saturated rings. The van der Waals surface area contributed by atoms with Gasteiger partial charge in [-0.15, -0.1) is 0 Å². The Balaban J connectivity index is 2.02. The number of rotatable bonds is 4. The zero-order valence-electron chi connectivity index (χ0n) is 13.4. The number of carboxylic acid groups (broad SMARTS) is 1. The van der Waals surface area contributed by atoms with Crippen LogP contribution in [-0.4, -0.2) is 35.0 Å². The van der Waals surface area contributed by atoms with E-state index in [1.165, 1.54) is 19.3 Å². The molecule has 0 spiro atoms. The van der Waals surface area contributed by atoms with E-state index >= 15 is 0 Å². The molecule has 0 aromatic heterocycles. The van der Waals surface area contributed by atoms with E-state index in [2.05, 4.69) is 6.92 Å². The normalized spacial score (nSPS) is 28.9. The lowest BCUT2D eigenvalue weighted by molar-refractivity contribution is -0.156. The van der Waals surface area contributed by atoms with Crippen molar-refractivity contribution in [3.8, 4) is 0 Å². The van der Waals surface area contributed by atoms with Gasteiger partial charge < -0.3 is 10.0 Å². The molecule has 0 aromatic rings. The quantitative estimate of drug-likeness (QED) is 0.864. The summed E-state index contributed by atoms with van der Waals surface area (Å²) in [6.07, 6.45) is 9.11. The van der Waals surface area contributed by atoms with Crippen LogP contribution in [0.2, 0.25) is 0 Å². The Labute approximate surface area is 127 Å². The van der Waals surface area contributed by atoms with Crippen LogP contribution in [0.3, 0.4) is 0 Å². The molecule has 0 aromatic carbocycles. The predicted molar refractivity (Wildman–Crippen MR) is 82.0 cm³/mol. The molecule has 0 bridgehead atoms. The van der Waals surface area contributed by atoms with Gasteiger partial charge in [0.2, 0.25) is 5.91 Å². The summed E-state index contributed by atoms with van der Waals surface area (Å²) in [5.74, 6) is -0.224. The average molecular weight is 295 g/mol. The van der Waals surface area contributed by atoms with Crippen molar-refractivity contribution in [1.82, 2.24) is 4.90 Å². The van der Waals surface area contributed by atoms with Gasteiger partial charge in [0.05, 0.1) is 5.41 Å². The van der Waals surface area contributed by atoms with Gasteiger partial charge in [-0.3, -0.25) is 9.59 Å². The summed E-state index contributed by atoms with van der Waals surface area (Å²) < 4.78 is 0. The summed E-state index contributed by atoms with van der Waals surface area (Å²) in [5, 5.41) is 9.61. The van der Waals surface area contributed by atoms with Crippen LogP contribution in [0, 0.1) is 11.3 Å². The van der Waals surface area contributed by atoms with E-state index in [1.807, 2.05) is 11.9 Å². The number of hydrogen-bond donors (Lipinski definition) is 1.